The molecule has 1 aliphatic rings. The van der Waals surface area contributed by atoms with Gasteiger partial charge in [0.2, 0.25) is 0 Å². The lowest BCUT2D eigenvalue weighted by Gasteiger charge is -2.29. The summed E-state index contributed by atoms with van der Waals surface area (Å²) in [5, 5.41) is 3.65. The monoisotopic (exact) mass is 233 g/mol. The van der Waals surface area contributed by atoms with Crippen LogP contribution in [0.25, 0.3) is 0 Å². The second-order valence-corrected chi connectivity index (χ2v) is 5.39. The van der Waals surface area contributed by atoms with Gasteiger partial charge in [-0.25, -0.2) is 0 Å². The molecule has 0 atom stereocenters. The maximum absolute atomic E-state index is 4.22. The van der Waals surface area contributed by atoms with E-state index in [0.29, 0.717) is 6.04 Å². The predicted octanol–water partition coefficient (Wildman–Crippen LogP) is 3.14. The maximum Gasteiger partial charge on any atom is 0.0766 e. The van der Waals surface area contributed by atoms with Crippen molar-refractivity contribution in [1.82, 2.24) is 4.98 Å². The number of aromatic nitrogens is 1. The second-order valence-electron chi connectivity index (χ2n) is 5.39. The minimum Gasteiger partial charge on any atom is -0.379 e. The Labute approximate surface area is 104 Å². The largest absolute Gasteiger partial charge is 0.379 e. The molecule has 1 fully saturated rings. The maximum atomic E-state index is 4.22. The van der Waals surface area contributed by atoms with Crippen molar-refractivity contribution >= 4 is 11.4 Å². The van der Waals surface area contributed by atoms with Gasteiger partial charge >= 0.3 is 0 Å². The van der Waals surface area contributed by atoms with E-state index in [2.05, 4.69) is 42.3 Å². The van der Waals surface area contributed by atoms with E-state index < -0.39 is 0 Å². The molecule has 0 aliphatic heterocycles. The van der Waals surface area contributed by atoms with Crippen LogP contribution in [0.3, 0.4) is 0 Å². The van der Waals surface area contributed by atoms with Crippen molar-refractivity contribution in [3.63, 3.8) is 0 Å². The molecule has 1 saturated carbocycles. The van der Waals surface area contributed by atoms with Crippen LogP contribution in [-0.2, 0) is 0 Å². The summed E-state index contributed by atoms with van der Waals surface area (Å²) in [5.41, 5.74) is 2.38. The summed E-state index contributed by atoms with van der Waals surface area (Å²) < 4.78 is 0. The van der Waals surface area contributed by atoms with E-state index in [1.165, 1.54) is 31.4 Å². The zero-order valence-corrected chi connectivity index (χ0v) is 11.1. The minimum atomic E-state index is 0.620. The molecule has 0 unspecified atom stereocenters. The zero-order valence-electron chi connectivity index (χ0n) is 11.1. The highest BCUT2D eigenvalue weighted by atomic mass is 15.1. The van der Waals surface area contributed by atoms with Crippen LogP contribution in [0, 0.1) is 5.92 Å². The molecule has 2 rings (SSSR count). The van der Waals surface area contributed by atoms with E-state index in [-0.39, 0.29) is 0 Å². The Bertz CT molecular complexity index is 354. The molecule has 0 aromatic carbocycles. The van der Waals surface area contributed by atoms with Gasteiger partial charge in [0.05, 0.1) is 17.6 Å². The van der Waals surface area contributed by atoms with E-state index in [1.807, 2.05) is 12.4 Å². The summed E-state index contributed by atoms with van der Waals surface area (Å²) in [6.07, 6.45) is 9.03. The Morgan fingerprint density at radius 1 is 1.24 bits per heavy atom. The van der Waals surface area contributed by atoms with Crippen molar-refractivity contribution in [1.29, 1.82) is 0 Å². The number of hydrogen-bond donors (Lipinski definition) is 1. The fraction of sp³-hybridized carbons (Fsp3) is 0.643. The van der Waals surface area contributed by atoms with Crippen molar-refractivity contribution in [2.45, 2.75) is 38.6 Å². The van der Waals surface area contributed by atoms with Gasteiger partial charge in [-0.15, -0.1) is 0 Å². The van der Waals surface area contributed by atoms with Gasteiger partial charge in [0.1, 0.15) is 0 Å². The Kier molecular flexibility index (Phi) is 3.87. The average molecular weight is 233 g/mol. The van der Waals surface area contributed by atoms with E-state index in [1.54, 1.807) is 0 Å². The van der Waals surface area contributed by atoms with Crippen molar-refractivity contribution in [3.8, 4) is 0 Å². The molecule has 3 heteroatoms. The van der Waals surface area contributed by atoms with Crippen LogP contribution in [-0.4, -0.2) is 25.1 Å². The lowest BCUT2D eigenvalue weighted by atomic mass is 9.87. The van der Waals surface area contributed by atoms with Crippen LogP contribution in [0.4, 0.5) is 11.4 Å². The molecule has 1 heterocycles. The normalized spacial score (nSPS) is 24.4. The Morgan fingerprint density at radius 3 is 2.59 bits per heavy atom. The molecule has 0 bridgehead atoms. The van der Waals surface area contributed by atoms with E-state index in [4.69, 9.17) is 0 Å². The molecule has 17 heavy (non-hydrogen) atoms. The third-order valence-corrected chi connectivity index (χ3v) is 3.66. The van der Waals surface area contributed by atoms with E-state index >= 15 is 0 Å². The Balaban J connectivity index is 2.03. The fourth-order valence-corrected chi connectivity index (χ4v) is 2.51. The van der Waals surface area contributed by atoms with Crippen LogP contribution in [0.1, 0.15) is 32.6 Å². The van der Waals surface area contributed by atoms with Gasteiger partial charge in [0.25, 0.3) is 0 Å². The van der Waals surface area contributed by atoms with Crippen LogP contribution in [0.15, 0.2) is 18.5 Å². The molecule has 3 nitrogen and oxygen atoms in total. The molecule has 0 saturated heterocycles. The Hall–Kier alpha value is -1.25. The lowest BCUT2D eigenvalue weighted by molar-refractivity contribution is 0.361. The van der Waals surface area contributed by atoms with Crippen LogP contribution in [0.2, 0.25) is 0 Å². The number of nitrogens with zero attached hydrogens (tertiary/aromatic N) is 2. The first-order valence-corrected chi connectivity index (χ1v) is 6.54. The van der Waals surface area contributed by atoms with Crippen molar-refractivity contribution in [3.05, 3.63) is 18.5 Å². The van der Waals surface area contributed by atoms with Crippen LogP contribution >= 0.6 is 0 Å². The molecule has 1 N–H and O–H groups in total. The van der Waals surface area contributed by atoms with Crippen molar-refractivity contribution in [2.75, 3.05) is 24.3 Å². The lowest BCUT2D eigenvalue weighted by Crippen LogP contribution is -2.26. The molecule has 0 amide bonds. The van der Waals surface area contributed by atoms with Gasteiger partial charge in [-0.05, 0) is 37.7 Å². The smallest absolute Gasteiger partial charge is 0.0766 e. The van der Waals surface area contributed by atoms with Gasteiger partial charge in [0.15, 0.2) is 0 Å². The summed E-state index contributed by atoms with van der Waals surface area (Å²) in [6, 6.07) is 2.68. The van der Waals surface area contributed by atoms with Gasteiger partial charge in [0, 0.05) is 26.3 Å². The third kappa shape index (κ3) is 3.11. The van der Waals surface area contributed by atoms with E-state index in [0.717, 1.165) is 11.6 Å². The topological polar surface area (TPSA) is 28.2 Å². The minimum absolute atomic E-state index is 0.620. The number of pyridine rings is 1. The summed E-state index contributed by atoms with van der Waals surface area (Å²) >= 11 is 0. The quantitative estimate of drug-likeness (QED) is 0.869. The molecule has 0 spiro atoms. The van der Waals surface area contributed by atoms with Gasteiger partial charge in [-0.3, -0.25) is 4.98 Å². The average Bonchev–Trinajstić information content (AvgIpc) is 2.32. The van der Waals surface area contributed by atoms with Gasteiger partial charge < -0.3 is 10.2 Å². The number of rotatable bonds is 3. The fourth-order valence-electron chi connectivity index (χ4n) is 2.51. The van der Waals surface area contributed by atoms with Crippen LogP contribution < -0.4 is 10.2 Å². The molecular formula is C14H23N3. The molecule has 1 aromatic rings. The standard InChI is InChI=1S/C14H23N3/c1-11-4-6-12(7-5-11)16-13-10-15-9-8-14(13)17(2)3/h8-12,16H,4-7H2,1-3H3. The van der Waals surface area contributed by atoms with Crippen LogP contribution in [0.5, 0.6) is 0 Å². The van der Waals surface area contributed by atoms with E-state index in [9.17, 15) is 0 Å². The summed E-state index contributed by atoms with van der Waals surface area (Å²) in [7, 11) is 4.15. The Morgan fingerprint density at radius 2 is 1.94 bits per heavy atom. The molecular weight excluding hydrogens is 210 g/mol. The first-order valence-electron chi connectivity index (χ1n) is 6.54. The second kappa shape index (κ2) is 5.39. The summed E-state index contributed by atoms with van der Waals surface area (Å²) in [5.74, 6) is 0.898. The van der Waals surface area contributed by atoms with Gasteiger partial charge in [-0.1, -0.05) is 6.92 Å². The van der Waals surface area contributed by atoms with Crippen molar-refractivity contribution in [2.24, 2.45) is 5.92 Å². The van der Waals surface area contributed by atoms with Gasteiger partial charge in [-0.2, -0.15) is 0 Å². The highest BCUT2D eigenvalue weighted by molar-refractivity contribution is 5.68. The number of hydrogen-bond acceptors (Lipinski definition) is 3. The summed E-state index contributed by atoms with van der Waals surface area (Å²) in [6.45, 7) is 2.35. The molecule has 1 aliphatic carbocycles. The third-order valence-electron chi connectivity index (χ3n) is 3.66. The predicted molar refractivity (Wildman–Crippen MR) is 73.6 cm³/mol. The zero-order chi connectivity index (χ0) is 12.3. The molecule has 0 radical (unpaired) electrons. The molecule has 94 valence electrons. The SMILES string of the molecule is CC1CCC(Nc2cnccc2N(C)C)CC1. The highest BCUT2D eigenvalue weighted by Crippen LogP contribution is 2.29. The number of anilines is 2. The number of nitrogens with one attached hydrogen (secondary N) is 1. The van der Waals surface area contributed by atoms with Crippen molar-refractivity contribution < 1.29 is 0 Å². The first kappa shape index (κ1) is 12.2. The highest BCUT2D eigenvalue weighted by Gasteiger charge is 2.18. The first-order chi connectivity index (χ1) is 8.16. The molecule has 1 aromatic heterocycles. The summed E-state index contributed by atoms with van der Waals surface area (Å²) in [4.78, 5) is 6.35.